The van der Waals surface area contributed by atoms with Gasteiger partial charge in [0.2, 0.25) is 0 Å². The maximum Gasteiger partial charge on any atom is 0.319 e. The molecule has 1 atom stereocenters. The number of amides is 2. The Bertz CT molecular complexity index is 703. The Hall–Kier alpha value is -2.05. The third-order valence-corrected chi connectivity index (χ3v) is 4.13. The Morgan fingerprint density at radius 2 is 2.12 bits per heavy atom. The molecule has 25 heavy (non-hydrogen) atoms. The topological polar surface area (TPSA) is 75.5 Å². The average molecular weight is 347 g/mol. The SMILES string of the molecule is COCC(C)(CCO)NC(=O)Nc1ccc2c(ccn2CC(C)C)c1. The van der Waals surface area contributed by atoms with E-state index < -0.39 is 5.54 Å². The number of methoxy groups -OCH3 is 1. The fraction of sp³-hybridized carbons (Fsp3) is 0.526. The molecule has 0 fully saturated rings. The van der Waals surface area contributed by atoms with Gasteiger partial charge in [-0.05, 0) is 43.5 Å². The monoisotopic (exact) mass is 347 g/mol. The number of aliphatic hydroxyl groups is 1. The van der Waals surface area contributed by atoms with Gasteiger partial charge < -0.3 is 25.0 Å². The van der Waals surface area contributed by atoms with Gasteiger partial charge in [-0.2, -0.15) is 0 Å². The maximum atomic E-state index is 12.3. The molecule has 0 saturated carbocycles. The first-order valence-electron chi connectivity index (χ1n) is 8.65. The first-order chi connectivity index (χ1) is 11.9. The maximum absolute atomic E-state index is 12.3. The summed E-state index contributed by atoms with van der Waals surface area (Å²) in [7, 11) is 1.57. The number of benzene rings is 1. The van der Waals surface area contributed by atoms with Crippen molar-refractivity contribution < 1.29 is 14.6 Å². The number of carbonyl (C=O) groups is 1. The molecular formula is C19H29N3O3. The Morgan fingerprint density at radius 3 is 2.76 bits per heavy atom. The van der Waals surface area contributed by atoms with Crippen LogP contribution < -0.4 is 10.6 Å². The zero-order chi connectivity index (χ0) is 18.4. The molecule has 0 aliphatic carbocycles. The molecule has 3 N–H and O–H groups in total. The molecule has 0 aliphatic heterocycles. The molecule has 0 saturated heterocycles. The number of fused-ring (bicyclic) bond motifs is 1. The van der Waals surface area contributed by atoms with Crippen LogP contribution in [-0.4, -0.2) is 41.6 Å². The van der Waals surface area contributed by atoms with E-state index in [1.807, 2.05) is 25.1 Å². The summed E-state index contributed by atoms with van der Waals surface area (Å²) in [5, 5.41) is 16.0. The number of hydrogen-bond donors (Lipinski definition) is 3. The Morgan fingerprint density at radius 1 is 1.36 bits per heavy atom. The Kier molecular flexibility index (Phi) is 6.45. The highest BCUT2D eigenvalue weighted by Crippen LogP contribution is 2.22. The molecule has 6 nitrogen and oxygen atoms in total. The molecule has 0 bridgehead atoms. The molecule has 1 unspecified atom stereocenters. The number of anilines is 1. The normalized spacial score (nSPS) is 13.8. The number of nitrogens with one attached hydrogen (secondary N) is 2. The van der Waals surface area contributed by atoms with Crippen LogP contribution in [0.5, 0.6) is 0 Å². The third kappa shape index (κ3) is 5.21. The zero-order valence-electron chi connectivity index (χ0n) is 15.5. The largest absolute Gasteiger partial charge is 0.396 e. The summed E-state index contributed by atoms with van der Waals surface area (Å²) in [4.78, 5) is 12.3. The van der Waals surface area contributed by atoms with Crippen LogP contribution in [0.25, 0.3) is 10.9 Å². The molecule has 0 radical (unpaired) electrons. The quantitative estimate of drug-likeness (QED) is 0.686. The number of nitrogens with zero attached hydrogens (tertiary/aromatic N) is 1. The van der Waals surface area contributed by atoms with E-state index in [9.17, 15) is 9.90 Å². The zero-order valence-corrected chi connectivity index (χ0v) is 15.5. The van der Waals surface area contributed by atoms with Crippen LogP contribution in [-0.2, 0) is 11.3 Å². The van der Waals surface area contributed by atoms with E-state index in [2.05, 4.69) is 41.3 Å². The number of rotatable bonds is 8. The summed E-state index contributed by atoms with van der Waals surface area (Å²) in [6.07, 6.45) is 2.50. The average Bonchev–Trinajstić information content (AvgIpc) is 2.89. The molecule has 1 aromatic carbocycles. The Balaban J connectivity index is 2.08. The van der Waals surface area contributed by atoms with Crippen molar-refractivity contribution in [2.24, 2.45) is 5.92 Å². The molecule has 0 aliphatic rings. The molecule has 1 aromatic heterocycles. The number of carbonyl (C=O) groups excluding carboxylic acids is 1. The number of aromatic nitrogens is 1. The van der Waals surface area contributed by atoms with E-state index in [1.54, 1.807) is 7.11 Å². The van der Waals surface area contributed by atoms with Crippen molar-refractivity contribution in [3.8, 4) is 0 Å². The molecule has 6 heteroatoms. The first-order valence-corrected chi connectivity index (χ1v) is 8.65. The van der Waals surface area contributed by atoms with Crippen molar-refractivity contribution in [2.75, 3.05) is 25.6 Å². The van der Waals surface area contributed by atoms with Crippen LogP contribution in [0.15, 0.2) is 30.5 Å². The second-order valence-corrected chi connectivity index (χ2v) is 7.18. The fourth-order valence-electron chi connectivity index (χ4n) is 3.00. The standard InChI is InChI=1S/C19H29N3O3/c1-14(2)12-22-9-7-15-11-16(5-6-17(15)22)20-18(24)21-19(3,8-10-23)13-25-4/h5-7,9,11,14,23H,8,10,12-13H2,1-4H3,(H2,20,21,24). The van der Waals surface area contributed by atoms with Crippen molar-refractivity contribution in [2.45, 2.75) is 39.3 Å². The number of ether oxygens (including phenoxy) is 1. The van der Waals surface area contributed by atoms with Gasteiger partial charge in [-0.1, -0.05) is 13.8 Å². The van der Waals surface area contributed by atoms with Crippen LogP contribution in [0, 0.1) is 5.92 Å². The predicted molar refractivity (Wildman–Crippen MR) is 101 cm³/mol. The lowest BCUT2D eigenvalue weighted by atomic mass is 10.00. The van der Waals surface area contributed by atoms with E-state index in [-0.39, 0.29) is 12.6 Å². The van der Waals surface area contributed by atoms with Gasteiger partial charge in [0.1, 0.15) is 0 Å². The van der Waals surface area contributed by atoms with Crippen molar-refractivity contribution in [3.63, 3.8) is 0 Å². The van der Waals surface area contributed by atoms with E-state index in [0.717, 1.165) is 23.1 Å². The molecule has 2 rings (SSSR count). The fourth-order valence-corrected chi connectivity index (χ4v) is 3.00. The number of hydrogen-bond acceptors (Lipinski definition) is 3. The molecule has 138 valence electrons. The van der Waals surface area contributed by atoms with Gasteiger partial charge in [-0.15, -0.1) is 0 Å². The van der Waals surface area contributed by atoms with Gasteiger partial charge in [0, 0.05) is 43.0 Å². The van der Waals surface area contributed by atoms with Crippen LogP contribution in [0.1, 0.15) is 27.2 Å². The minimum Gasteiger partial charge on any atom is -0.396 e. The minimum atomic E-state index is -0.613. The highest BCUT2D eigenvalue weighted by atomic mass is 16.5. The number of aliphatic hydroxyl groups excluding tert-OH is 1. The van der Waals surface area contributed by atoms with Crippen LogP contribution in [0.3, 0.4) is 0 Å². The second-order valence-electron chi connectivity index (χ2n) is 7.18. The van der Waals surface area contributed by atoms with Gasteiger partial charge >= 0.3 is 6.03 Å². The summed E-state index contributed by atoms with van der Waals surface area (Å²) in [6, 6.07) is 7.63. The summed E-state index contributed by atoms with van der Waals surface area (Å²) < 4.78 is 7.37. The van der Waals surface area contributed by atoms with Gasteiger partial charge in [0.15, 0.2) is 0 Å². The molecule has 1 heterocycles. The van der Waals surface area contributed by atoms with Gasteiger partial charge in [-0.25, -0.2) is 4.79 Å². The van der Waals surface area contributed by atoms with Crippen molar-refractivity contribution >= 4 is 22.6 Å². The first kappa shape index (κ1) is 19.3. The van der Waals surface area contributed by atoms with Crippen molar-refractivity contribution in [1.29, 1.82) is 0 Å². The van der Waals surface area contributed by atoms with Crippen LogP contribution in [0.2, 0.25) is 0 Å². The lowest BCUT2D eigenvalue weighted by Gasteiger charge is -2.29. The lowest BCUT2D eigenvalue weighted by molar-refractivity contribution is 0.104. The van der Waals surface area contributed by atoms with E-state index >= 15 is 0 Å². The molecule has 2 aromatic rings. The van der Waals surface area contributed by atoms with Crippen molar-refractivity contribution in [1.82, 2.24) is 9.88 Å². The van der Waals surface area contributed by atoms with Crippen molar-refractivity contribution in [3.05, 3.63) is 30.5 Å². The predicted octanol–water partition coefficient (Wildman–Crippen LogP) is 3.21. The summed E-state index contributed by atoms with van der Waals surface area (Å²) in [5.74, 6) is 0.573. The van der Waals surface area contributed by atoms with E-state index in [1.165, 1.54) is 0 Å². The minimum absolute atomic E-state index is 0.0184. The van der Waals surface area contributed by atoms with E-state index in [0.29, 0.717) is 18.9 Å². The molecular weight excluding hydrogens is 318 g/mol. The third-order valence-electron chi connectivity index (χ3n) is 4.13. The van der Waals surface area contributed by atoms with Crippen LogP contribution in [0.4, 0.5) is 10.5 Å². The van der Waals surface area contributed by atoms with Gasteiger partial charge in [0.25, 0.3) is 0 Å². The molecule has 2 amide bonds. The Labute approximate surface area is 149 Å². The highest BCUT2D eigenvalue weighted by Gasteiger charge is 2.26. The lowest BCUT2D eigenvalue weighted by Crippen LogP contribution is -2.51. The summed E-state index contributed by atoms with van der Waals surface area (Å²) in [5.41, 5.74) is 1.28. The van der Waals surface area contributed by atoms with E-state index in [4.69, 9.17) is 4.74 Å². The van der Waals surface area contributed by atoms with Gasteiger partial charge in [0.05, 0.1) is 12.1 Å². The second kappa shape index (κ2) is 8.36. The smallest absolute Gasteiger partial charge is 0.319 e. The number of urea groups is 1. The van der Waals surface area contributed by atoms with Crippen LogP contribution >= 0.6 is 0 Å². The summed E-state index contributed by atoms with van der Waals surface area (Å²) in [6.45, 7) is 7.51. The summed E-state index contributed by atoms with van der Waals surface area (Å²) >= 11 is 0. The highest BCUT2D eigenvalue weighted by molar-refractivity contribution is 5.93. The molecule has 0 spiro atoms. The van der Waals surface area contributed by atoms with Gasteiger partial charge in [-0.3, -0.25) is 0 Å².